The molecule has 15 heteroatoms. The molecule has 5 heterocycles. The molecule has 0 atom stereocenters. The van der Waals surface area contributed by atoms with Crippen molar-refractivity contribution in [2.24, 2.45) is 0 Å². The van der Waals surface area contributed by atoms with Crippen molar-refractivity contribution in [2.45, 2.75) is 59.0 Å². The first-order valence-corrected chi connectivity index (χ1v) is 21.6. The predicted molar refractivity (Wildman–Crippen MR) is 259 cm³/mol. The normalized spacial score (nSPS) is 11.8. The number of imidazole rings is 2. The second-order valence-corrected chi connectivity index (χ2v) is 17.7. The molecule has 6 N–H and O–H groups in total. The molecule has 0 radical (unpaired) electrons. The second kappa shape index (κ2) is 17.0. The largest absolute Gasteiger partial charge is 0.368 e. The summed E-state index contributed by atoms with van der Waals surface area (Å²) in [6.07, 6.45) is 8.93. The van der Waals surface area contributed by atoms with Gasteiger partial charge in [-0.1, -0.05) is 48.5 Å². The molecule has 330 valence electrons. The van der Waals surface area contributed by atoms with Crippen LogP contribution in [0.5, 0.6) is 0 Å². The van der Waals surface area contributed by atoms with Gasteiger partial charge in [-0.05, 0) is 101 Å². The maximum Gasteiger partial charge on any atom is 0.256 e. The van der Waals surface area contributed by atoms with Crippen LogP contribution in [0.3, 0.4) is 0 Å². The summed E-state index contributed by atoms with van der Waals surface area (Å²) in [5.74, 6) is 1.24. The van der Waals surface area contributed by atoms with E-state index in [1.54, 1.807) is 31.0 Å². The summed E-state index contributed by atoms with van der Waals surface area (Å²) in [7, 11) is 0. The van der Waals surface area contributed by atoms with Gasteiger partial charge in [-0.25, -0.2) is 29.9 Å². The molecule has 15 nitrogen and oxygen atoms in total. The average molecular weight is 876 g/mol. The minimum atomic E-state index is -0.608. The summed E-state index contributed by atoms with van der Waals surface area (Å²) in [5.41, 5.74) is 21.0. The van der Waals surface area contributed by atoms with Crippen LogP contribution in [0.1, 0.15) is 68.0 Å². The number of pyridine rings is 1. The fraction of sp³-hybridized carbons (Fsp3) is 0.196. The lowest BCUT2D eigenvalue weighted by Gasteiger charge is -2.30. The minimum absolute atomic E-state index is 0.182. The van der Waals surface area contributed by atoms with Crippen LogP contribution in [0, 0.1) is 0 Å². The van der Waals surface area contributed by atoms with Gasteiger partial charge in [0.1, 0.15) is 11.6 Å². The van der Waals surface area contributed by atoms with Crippen molar-refractivity contribution in [1.29, 1.82) is 0 Å². The molecule has 2 amide bonds. The van der Waals surface area contributed by atoms with Crippen molar-refractivity contribution < 1.29 is 9.59 Å². The van der Waals surface area contributed by atoms with Crippen molar-refractivity contribution in [3.63, 3.8) is 0 Å². The first kappa shape index (κ1) is 42.9. The molecule has 4 aromatic carbocycles. The number of benzene rings is 4. The third-order valence-electron chi connectivity index (χ3n) is 11.5. The van der Waals surface area contributed by atoms with Gasteiger partial charge in [0.2, 0.25) is 11.9 Å². The van der Waals surface area contributed by atoms with Crippen molar-refractivity contribution >= 4 is 51.5 Å². The number of carbonyl (C=O) groups excluding carboxylic acids is 2. The number of nitrogen functional groups attached to an aromatic ring is 2. The number of nitrogens with two attached hydrogens (primary N) is 2. The number of hydrogen-bond acceptors (Lipinski definition) is 11. The SMILES string of the molecule is CCNC(=O)c1ccccc1-c1nc2cc(-c3cnc(N)nc3)ccc2n1C(C)(C)Cc1ccc(NC(=O)c2ccccc2-c2nc3cc(-c4cnc(N)nc4)ccc3n2C(C)(C)C)cn1. The molecule has 9 aromatic rings. The summed E-state index contributed by atoms with van der Waals surface area (Å²) in [5, 5.41) is 6.04. The average Bonchev–Trinajstić information content (AvgIpc) is 3.90. The van der Waals surface area contributed by atoms with Gasteiger partial charge in [0.25, 0.3) is 11.8 Å². The molecule has 0 saturated carbocycles. The van der Waals surface area contributed by atoms with E-state index < -0.39 is 5.54 Å². The molecule has 0 bridgehead atoms. The van der Waals surface area contributed by atoms with Gasteiger partial charge in [0.05, 0.1) is 45.1 Å². The first-order chi connectivity index (χ1) is 31.7. The van der Waals surface area contributed by atoms with E-state index in [4.69, 9.17) is 26.4 Å². The van der Waals surface area contributed by atoms with Crippen molar-refractivity contribution in [3.05, 3.63) is 145 Å². The molecular formula is C51H49N13O2. The summed E-state index contributed by atoms with van der Waals surface area (Å²) >= 11 is 0. The van der Waals surface area contributed by atoms with Crippen LogP contribution in [0.4, 0.5) is 17.6 Å². The first-order valence-electron chi connectivity index (χ1n) is 21.6. The fourth-order valence-electron chi connectivity index (χ4n) is 8.48. The monoisotopic (exact) mass is 875 g/mol. The zero-order chi connectivity index (χ0) is 46.3. The maximum atomic E-state index is 14.2. The lowest BCUT2D eigenvalue weighted by atomic mass is 9.95. The molecule has 0 fully saturated rings. The van der Waals surface area contributed by atoms with E-state index in [9.17, 15) is 9.59 Å². The van der Waals surface area contributed by atoms with E-state index in [2.05, 4.69) is 74.3 Å². The van der Waals surface area contributed by atoms with Crippen LogP contribution in [-0.4, -0.2) is 62.4 Å². The predicted octanol–water partition coefficient (Wildman–Crippen LogP) is 8.93. The maximum absolute atomic E-state index is 14.2. The zero-order valence-corrected chi connectivity index (χ0v) is 37.5. The van der Waals surface area contributed by atoms with E-state index in [0.717, 1.165) is 50.0 Å². The standard InChI is InChI=1S/C51H49N13O2/c1-7-54-46(65)38-14-10-8-12-36(38)45-62-41-23-31(33-27-58-49(53)59-28-33)17-21-43(41)64(45)51(5,6)24-34-18-19-35(29-55-34)60-47(66)39-15-11-9-13-37(39)44-61-40-22-30(32-25-56-48(52)57-26-32)16-20-42(40)63(44)50(2,3)4/h8-23,25-29H,7,24H2,1-6H3,(H,54,65)(H,60,66)(H2,52,56,57)(H2,53,58,59). The van der Waals surface area contributed by atoms with Crippen LogP contribution in [0.25, 0.3) is 67.1 Å². The van der Waals surface area contributed by atoms with E-state index in [1.165, 1.54) is 0 Å². The quantitative estimate of drug-likeness (QED) is 0.0964. The Morgan fingerprint density at radius 3 is 1.58 bits per heavy atom. The van der Waals surface area contributed by atoms with E-state index in [-0.39, 0.29) is 29.2 Å². The Balaban J connectivity index is 1.02. The van der Waals surface area contributed by atoms with Gasteiger partial charge in [0, 0.05) is 76.8 Å². The third kappa shape index (κ3) is 8.29. The van der Waals surface area contributed by atoms with Crippen LogP contribution in [0.2, 0.25) is 0 Å². The van der Waals surface area contributed by atoms with E-state index in [0.29, 0.717) is 52.6 Å². The Kier molecular flexibility index (Phi) is 11.1. The van der Waals surface area contributed by atoms with Gasteiger partial charge < -0.3 is 31.2 Å². The smallest absolute Gasteiger partial charge is 0.256 e. The van der Waals surface area contributed by atoms with E-state index in [1.807, 2.05) is 104 Å². The molecule has 0 saturated heterocycles. The van der Waals surface area contributed by atoms with Gasteiger partial charge in [-0.3, -0.25) is 14.6 Å². The molecule has 0 aliphatic carbocycles. The van der Waals surface area contributed by atoms with Crippen LogP contribution in [0.15, 0.2) is 128 Å². The summed E-state index contributed by atoms with van der Waals surface area (Å²) in [4.78, 5) is 59.5. The highest BCUT2D eigenvalue weighted by Crippen LogP contribution is 2.38. The fourth-order valence-corrected chi connectivity index (χ4v) is 8.48. The van der Waals surface area contributed by atoms with Crippen molar-refractivity contribution in [1.82, 2.24) is 49.3 Å². The van der Waals surface area contributed by atoms with E-state index >= 15 is 0 Å². The number of anilines is 3. The zero-order valence-electron chi connectivity index (χ0n) is 37.5. The number of carbonyl (C=O) groups is 2. The highest BCUT2D eigenvalue weighted by Gasteiger charge is 2.30. The Morgan fingerprint density at radius 1 is 0.576 bits per heavy atom. The van der Waals surface area contributed by atoms with Gasteiger partial charge in [0.15, 0.2) is 0 Å². The van der Waals surface area contributed by atoms with Crippen molar-refractivity contribution in [2.75, 3.05) is 23.3 Å². The lowest BCUT2D eigenvalue weighted by molar-refractivity contribution is 0.0955. The number of rotatable bonds is 11. The van der Waals surface area contributed by atoms with Crippen LogP contribution >= 0.6 is 0 Å². The van der Waals surface area contributed by atoms with Crippen LogP contribution in [-0.2, 0) is 17.5 Å². The molecule has 66 heavy (non-hydrogen) atoms. The minimum Gasteiger partial charge on any atom is -0.368 e. The highest BCUT2D eigenvalue weighted by atomic mass is 16.2. The van der Waals surface area contributed by atoms with Gasteiger partial charge in [-0.15, -0.1) is 0 Å². The Morgan fingerprint density at radius 2 is 1.08 bits per heavy atom. The number of hydrogen-bond donors (Lipinski definition) is 4. The van der Waals surface area contributed by atoms with Crippen LogP contribution < -0.4 is 22.1 Å². The topological polar surface area (TPSA) is 210 Å². The number of amides is 2. The molecule has 0 spiro atoms. The summed E-state index contributed by atoms with van der Waals surface area (Å²) in [6, 6.07) is 30.9. The van der Waals surface area contributed by atoms with Gasteiger partial charge >= 0.3 is 0 Å². The molecule has 0 aliphatic rings. The van der Waals surface area contributed by atoms with Gasteiger partial charge in [-0.2, -0.15) is 0 Å². The van der Waals surface area contributed by atoms with Crippen molar-refractivity contribution in [3.8, 4) is 45.0 Å². The molecule has 5 aromatic heterocycles. The Hall–Kier alpha value is -8.33. The molecular weight excluding hydrogens is 827 g/mol. The lowest BCUT2D eigenvalue weighted by Crippen LogP contribution is -2.30. The number of nitrogens with zero attached hydrogens (tertiary/aromatic N) is 9. The Bertz CT molecular complexity index is 3270. The molecule has 0 unspecified atom stereocenters. The summed E-state index contributed by atoms with van der Waals surface area (Å²) < 4.78 is 4.34. The number of fused-ring (bicyclic) bond motifs is 2. The highest BCUT2D eigenvalue weighted by molar-refractivity contribution is 6.08. The second-order valence-electron chi connectivity index (χ2n) is 17.7. The number of aromatic nitrogens is 9. The third-order valence-corrected chi connectivity index (χ3v) is 11.5. The summed E-state index contributed by atoms with van der Waals surface area (Å²) in [6.45, 7) is 13.0. The number of nitrogens with one attached hydrogen (secondary N) is 2. The molecule has 0 aliphatic heterocycles. The molecule has 9 rings (SSSR count). The Labute approximate surface area is 381 Å².